The zero-order valence-corrected chi connectivity index (χ0v) is 18.7. The van der Waals surface area contributed by atoms with Crippen molar-refractivity contribution in [3.8, 4) is 17.2 Å². The highest BCUT2D eigenvalue weighted by atomic mass is 16.5. The Kier molecular flexibility index (Phi) is 8.55. The summed E-state index contributed by atoms with van der Waals surface area (Å²) in [6.45, 7) is 3.57. The lowest BCUT2D eigenvalue weighted by Crippen LogP contribution is -2.39. The van der Waals surface area contributed by atoms with Crippen molar-refractivity contribution in [2.75, 3.05) is 21.3 Å². The maximum atomic E-state index is 12.4. The predicted molar refractivity (Wildman–Crippen MR) is 116 cm³/mol. The van der Waals surface area contributed by atoms with Crippen LogP contribution in [-0.2, 0) is 16.0 Å². The summed E-state index contributed by atoms with van der Waals surface area (Å²) in [5, 5.41) is 24.2. The van der Waals surface area contributed by atoms with Gasteiger partial charge in [-0.15, -0.1) is 0 Å². The van der Waals surface area contributed by atoms with Crippen LogP contribution in [0.5, 0.6) is 17.2 Å². The normalized spacial score (nSPS) is 16.5. The molecule has 3 N–H and O–H groups in total. The molecule has 1 saturated carbocycles. The molecule has 0 bridgehead atoms. The molecule has 0 aromatic heterocycles. The molecular weight excluding hydrogens is 386 g/mol. The molecule has 2 rings (SSSR count). The van der Waals surface area contributed by atoms with Crippen LogP contribution in [0, 0.1) is 0 Å². The summed E-state index contributed by atoms with van der Waals surface area (Å²) in [7, 11) is 4.50. The number of carbonyl (C=O) groups is 1. The molecule has 1 aliphatic carbocycles. The Balaban J connectivity index is 2.31. The minimum Gasteiger partial charge on any atom is -0.507 e. The average Bonchev–Trinajstić information content (AvgIpc) is 2.73. The number of methoxy groups -OCH3 is 3. The minimum atomic E-state index is -0.846. The lowest BCUT2D eigenvalue weighted by atomic mass is 9.92. The van der Waals surface area contributed by atoms with Gasteiger partial charge in [0, 0.05) is 37.3 Å². The fraction of sp³-hybridized carbons (Fsp3) is 0.609. The number of carbonyl (C=O) groups excluding carboxylic acids is 1. The molecular formula is C23H35NO6. The van der Waals surface area contributed by atoms with Crippen molar-refractivity contribution in [3.63, 3.8) is 0 Å². The third kappa shape index (κ3) is 5.89. The van der Waals surface area contributed by atoms with Gasteiger partial charge in [0.05, 0.1) is 31.5 Å². The van der Waals surface area contributed by atoms with Crippen LogP contribution < -0.4 is 14.8 Å². The van der Waals surface area contributed by atoms with E-state index in [0.29, 0.717) is 22.6 Å². The maximum absolute atomic E-state index is 12.4. The lowest BCUT2D eigenvalue weighted by molar-refractivity contribution is -0.117. The van der Waals surface area contributed by atoms with E-state index in [0.717, 1.165) is 25.7 Å². The largest absolute Gasteiger partial charge is 0.507 e. The van der Waals surface area contributed by atoms with Gasteiger partial charge in [-0.2, -0.15) is 0 Å². The topological polar surface area (TPSA) is 97.3 Å². The van der Waals surface area contributed by atoms with Gasteiger partial charge < -0.3 is 29.7 Å². The van der Waals surface area contributed by atoms with Gasteiger partial charge in [0.25, 0.3) is 0 Å². The fourth-order valence-electron chi connectivity index (χ4n) is 3.68. The minimum absolute atomic E-state index is 0.0744. The summed E-state index contributed by atoms with van der Waals surface area (Å²) in [6.07, 6.45) is 7.73. The summed E-state index contributed by atoms with van der Waals surface area (Å²) in [5.74, 6) is 0.453. The number of phenols is 1. The second kappa shape index (κ2) is 10.7. The van der Waals surface area contributed by atoms with E-state index in [-0.39, 0.29) is 24.1 Å². The molecule has 1 atom stereocenters. The number of rotatable bonds is 9. The number of phenolic OH excluding ortho intramolecular Hbond substituents is 1. The van der Waals surface area contributed by atoms with Crippen molar-refractivity contribution in [1.82, 2.24) is 5.32 Å². The first-order valence-electron chi connectivity index (χ1n) is 10.4. The molecule has 0 unspecified atom stereocenters. The Labute approximate surface area is 179 Å². The molecule has 1 aromatic rings. The van der Waals surface area contributed by atoms with Gasteiger partial charge in [-0.3, -0.25) is 4.79 Å². The molecule has 0 spiro atoms. The molecule has 1 amide bonds. The van der Waals surface area contributed by atoms with Crippen molar-refractivity contribution in [2.24, 2.45) is 0 Å². The van der Waals surface area contributed by atoms with E-state index in [1.54, 1.807) is 13.8 Å². The van der Waals surface area contributed by atoms with E-state index < -0.39 is 11.7 Å². The van der Waals surface area contributed by atoms with E-state index in [4.69, 9.17) is 14.2 Å². The van der Waals surface area contributed by atoms with E-state index in [1.807, 2.05) is 0 Å². The monoisotopic (exact) mass is 421 g/mol. The smallest absolute Gasteiger partial charge is 0.244 e. The number of nitrogens with one attached hydrogen (secondary N) is 1. The molecule has 0 aliphatic heterocycles. The molecule has 0 saturated heterocycles. The van der Waals surface area contributed by atoms with E-state index in [2.05, 4.69) is 5.32 Å². The van der Waals surface area contributed by atoms with Gasteiger partial charge >= 0.3 is 0 Å². The number of amides is 1. The fourth-order valence-corrected chi connectivity index (χ4v) is 3.68. The zero-order valence-electron chi connectivity index (χ0n) is 18.7. The van der Waals surface area contributed by atoms with Crippen molar-refractivity contribution in [1.29, 1.82) is 0 Å². The molecule has 1 aliphatic rings. The number of hydrogen-bond donors (Lipinski definition) is 3. The number of hydrogen-bond acceptors (Lipinski definition) is 6. The van der Waals surface area contributed by atoms with Crippen LogP contribution in [0.3, 0.4) is 0 Å². The van der Waals surface area contributed by atoms with Gasteiger partial charge in [-0.1, -0.05) is 19.3 Å². The lowest BCUT2D eigenvalue weighted by Gasteiger charge is -2.30. The predicted octanol–water partition coefficient (Wildman–Crippen LogP) is 3.20. The molecule has 0 heterocycles. The number of aromatic hydroxyl groups is 1. The average molecular weight is 422 g/mol. The molecule has 7 heteroatoms. The van der Waals surface area contributed by atoms with Crippen molar-refractivity contribution >= 4 is 12.0 Å². The standard InChI is InChI=1S/C23H35NO6/c1-23(2,30-5)20(26)13-17-19(28-3)14-18(25)16(22(17)29-4)11-12-21(27)24-15-9-7-6-8-10-15/h11-12,14-15,20,25-26H,6-10,13H2,1-5H3,(H,24,27)/t20-/m0/s1. The number of ether oxygens (including phenoxy) is 3. The molecule has 0 radical (unpaired) electrons. The summed E-state index contributed by atoms with van der Waals surface area (Å²) in [6, 6.07) is 1.66. The van der Waals surface area contributed by atoms with Crippen LogP contribution in [0.15, 0.2) is 12.1 Å². The van der Waals surface area contributed by atoms with Gasteiger partial charge in [0.15, 0.2) is 0 Å². The van der Waals surface area contributed by atoms with E-state index >= 15 is 0 Å². The third-order valence-electron chi connectivity index (χ3n) is 5.86. The molecule has 1 aromatic carbocycles. The highest BCUT2D eigenvalue weighted by molar-refractivity contribution is 5.93. The summed E-state index contributed by atoms with van der Waals surface area (Å²) in [5.41, 5.74) is 0.154. The van der Waals surface area contributed by atoms with Crippen molar-refractivity contribution in [2.45, 2.75) is 70.1 Å². The first-order chi connectivity index (χ1) is 14.2. The van der Waals surface area contributed by atoms with E-state index in [9.17, 15) is 15.0 Å². The third-order valence-corrected chi connectivity index (χ3v) is 5.86. The van der Waals surface area contributed by atoms with E-state index in [1.165, 1.54) is 46.0 Å². The number of aliphatic hydroxyl groups excluding tert-OH is 1. The van der Waals surface area contributed by atoms with Gasteiger partial charge in [-0.25, -0.2) is 0 Å². The first-order valence-corrected chi connectivity index (χ1v) is 10.4. The first kappa shape index (κ1) is 24.0. The van der Waals surface area contributed by atoms with Gasteiger partial charge in [0.1, 0.15) is 17.2 Å². The van der Waals surface area contributed by atoms with Crippen LogP contribution in [0.4, 0.5) is 0 Å². The Morgan fingerprint density at radius 3 is 2.47 bits per heavy atom. The van der Waals surface area contributed by atoms with Gasteiger partial charge in [0.2, 0.25) is 5.91 Å². The number of benzene rings is 1. The summed E-state index contributed by atoms with van der Waals surface area (Å²) >= 11 is 0. The Hall–Kier alpha value is -2.25. The maximum Gasteiger partial charge on any atom is 0.244 e. The van der Waals surface area contributed by atoms with Crippen LogP contribution in [0.1, 0.15) is 57.1 Å². The Morgan fingerprint density at radius 2 is 1.90 bits per heavy atom. The van der Waals surface area contributed by atoms with Crippen LogP contribution in [0.2, 0.25) is 0 Å². The highest BCUT2D eigenvalue weighted by Gasteiger charge is 2.30. The van der Waals surface area contributed by atoms with Crippen LogP contribution in [0.25, 0.3) is 6.08 Å². The number of aliphatic hydroxyl groups is 1. The van der Waals surface area contributed by atoms with Crippen molar-refractivity contribution < 1.29 is 29.2 Å². The Morgan fingerprint density at radius 1 is 1.23 bits per heavy atom. The Bertz CT molecular complexity index is 753. The summed E-state index contributed by atoms with van der Waals surface area (Å²) in [4.78, 5) is 12.4. The van der Waals surface area contributed by atoms with Gasteiger partial charge in [-0.05, 0) is 32.8 Å². The highest BCUT2D eigenvalue weighted by Crippen LogP contribution is 2.41. The zero-order chi connectivity index (χ0) is 22.3. The van der Waals surface area contributed by atoms with Crippen LogP contribution in [-0.4, -0.2) is 55.2 Å². The molecule has 7 nitrogen and oxygen atoms in total. The molecule has 1 fully saturated rings. The quantitative estimate of drug-likeness (QED) is 0.530. The second-order valence-corrected chi connectivity index (χ2v) is 8.23. The SMILES string of the molecule is COc1cc(O)c(C=CC(=O)NC2CCCCC2)c(OC)c1C[C@H](O)C(C)(C)OC. The molecule has 168 valence electrons. The van der Waals surface area contributed by atoms with Crippen LogP contribution >= 0.6 is 0 Å². The second-order valence-electron chi connectivity index (χ2n) is 8.23. The van der Waals surface area contributed by atoms with Crippen molar-refractivity contribution in [3.05, 3.63) is 23.3 Å². The summed E-state index contributed by atoms with van der Waals surface area (Å²) < 4.78 is 16.3. The molecule has 30 heavy (non-hydrogen) atoms.